The predicted octanol–water partition coefficient (Wildman–Crippen LogP) is 0.129. The molecule has 0 amide bonds. The maximum Gasteiger partial charge on any atom is 0.465 e. The first-order valence-electron chi connectivity index (χ1n) is 4.44. The fourth-order valence-electron chi connectivity index (χ4n) is 0.645. The van der Waals surface area contributed by atoms with Crippen molar-refractivity contribution in [2.24, 2.45) is 0 Å². The van der Waals surface area contributed by atoms with E-state index in [-0.39, 0.29) is 13.0 Å². The summed E-state index contributed by atoms with van der Waals surface area (Å²) in [7, 11) is -5.87. The molecule has 18 heavy (non-hydrogen) atoms. The van der Waals surface area contributed by atoms with Gasteiger partial charge in [0.25, 0.3) is 0 Å². The number of rotatable bonds is 7. The Morgan fingerprint density at radius 2 is 1.78 bits per heavy atom. The molecule has 0 saturated carbocycles. The van der Waals surface area contributed by atoms with Gasteiger partial charge < -0.3 is 9.47 Å². The second-order valence-electron chi connectivity index (χ2n) is 2.85. The summed E-state index contributed by atoms with van der Waals surface area (Å²) in [6, 6.07) is 0. The van der Waals surface area contributed by atoms with Crippen molar-refractivity contribution in [3.05, 3.63) is 12.7 Å². The SMILES string of the molecule is C=CC(=O)OCCCOC(=O)C(F)(F)S(=O)(=O)O. The number of alkyl halides is 2. The number of ether oxygens (including phenoxy) is 2. The van der Waals surface area contributed by atoms with Crippen molar-refractivity contribution in [3.63, 3.8) is 0 Å². The normalized spacial score (nSPS) is 11.7. The first kappa shape index (κ1) is 16.4. The molecule has 1 N–H and O–H groups in total. The third kappa shape index (κ3) is 4.75. The van der Waals surface area contributed by atoms with Gasteiger partial charge in [-0.05, 0) is 0 Å². The van der Waals surface area contributed by atoms with Crippen LogP contribution < -0.4 is 0 Å². The van der Waals surface area contributed by atoms with Crippen LogP contribution in [0.1, 0.15) is 6.42 Å². The molecule has 7 nitrogen and oxygen atoms in total. The smallest absolute Gasteiger partial charge is 0.462 e. The molecular formula is C8H10F2O7S. The highest BCUT2D eigenvalue weighted by molar-refractivity contribution is 7.87. The van der Waals surface area contributed by atoms with Crippen LogP contribution in [0.2, 0.25) is 0 Å². The van der Waals surface area contributed by atoms with E-state index < -0.39 is 33.9 Å². The average molecular weight is 288 g/mol. The molecule has 0 aliphatic heterocycles. The zero-order valence-electron chi connectivity index (χ0n) is 8.97. The average Bonchev–Trinajstić information content (AvgIpc) is 2.26. The van der Waals surface area contributed by atoms with Gasteiger partial charge in [0.15, 0.2) is 0 Å². The standard InChI is InChI=1S/C8H10F2O7S/c1-2-6(11)16-4-3-5-17-7(12)8(9,10)18(13,14)15/h2H,1,3-5H2,(H,13,14,15). The molecule has 0 heterocycles. The molecule has 0 aliphatic rings. The van der Waals surface area contributed by atoms with Crippen molar-refractivity contribution in [2.45, 2.75) is 11.7 Å². The van der Waals surface area contributed by atoms with Crippen LogP contribution in [0.25, 0.3) is 0 Å². The number of carbonyl (C=O) groups is 2. The van der Waals surface area contributed by atoms with E-state index in [0.717, 1.165) is 6.08 Å². The molecule has 0 aliphatic carbocycles. The van der Waals surface area contributed by atoms with E-state index in [1.165, 1.54) is 0 Å². The highest BCUT2D eigenvalue weighted by Gasteiger charge is 2.54. The lowest BCUT2D eigenvalue weighted by Gasteiger charge is -2.11. The van der Waals surface area contributed by atoms with Gasteiger partial charge >= 0.3 is 27.3 Å². The first-order chi connectivity index (χ1) is 8.13. The van der Waals surface area contributed by atoms with Crippen molar-refractivity contribution in [1.29, 1.82) is 0 Å². The maximum absolute atomic E-state index is 12.6. The molecule has 10 heteroatoms. The molecule has 0 atom stereocenters. The Labute approximate surface area is 101 Å². The molecule has 0 aromatic rings. The van der Waals surface area contributed by atoms with E-state index in [9.17, 15) is 26.8 Å². The highest BCUT2D eigenvalue weighted by Crippen LogP contribution is 2.22. The van der Waals surface area contributed by atoms with Crippen LogP contribution in [0.5, 0.6) is 0 Å². The Hall–Kier alpha value is -1.55. The van der Waals surface area contributed by atoms with Crippen molar-refractivity contribution in [3.8, 4) is 0 Å². The molecule has 0 radical (unpaired) electrons. The second kappa shape index (κ2) is 6.40. The summed E-state index contributed by atoms with van der Waals surface area (Å²) in [5, 5.41) is -5.02. The fraction of sp³-hybridized carbons (Fsp3) is 0.500. The Kier molecular flexibility index (Phi) is 5.85. The van der Waals surface area contributed by atoms with Gasteiger partial charge in [0.2, 0.25) is 0 Å². The molecule has 0 rings (SSSR count). The van der Waals surface area contributed by atoms with Gasteiger partial charge in [-0.15, -0.1) is 0 Å². The minimum absolute atomic E-state index is 0.118. The number of esters is 2. The minimum atomic E-state index is -5.87. The maximum atomic E-state index is 12.6. The van der Waals surface area contributed by atoms with Gasteiger partial charge in [0, 0.05) is 12.5 Å². The number of carbonyl (C=O) groups excluding carboxylic acids is 2. The number of hydrogen-bond donors (Lipinski definition) is 1. The van der Waals surface area contributed by atoms with Crippen LogP contribution in [0.4, 0.5) is 8.78 Å². The summed E-state index contributed by atoms with van der Waals surface area (Å²) in [5.41, 5.74) is 0. The van der Waals surface area contributed by atoms with Gasteiger partial charge in [0.05, 0.1) is 13.2 Å². The minimum Gasteiger partial charge on any atom is -0.462 e. The summed E-state index contributed by atoms with van der Waals surface area (Å²) in [6.07, 6.45) is 0.755. The van der Waals surface area contributed by atoms with Gasteiger partial charge in [-0.3, -0.25) is 4.55 Å². The first-order valence-corrected chi connectivity index (χ1v) is 5.88. The zero-order valence-corrected chi connectivity index (χ0v) is 9.78. The number of halogens is 2. The van der Waals surface area contributed by atoms with Crippen LogP contribution in [0.3, 0.4) is 0 Å². The molecule has 104 valence electrons. The molecule has 0 saturated heterocycles. The Bertz CT molecular complexity index is 429. The monoisotopic (exact) mass is 288 g/mol. The summed E-state index contributed by atoms with van der Waals surface area (Å²) in [6.45, 7) is 2.26. The molecule has 0 aromatic carbocycles. The van der Waals surface area contributed by atoms with E-state index in [0.29, 0.717) is 0 Å². The predicted molar refractivity (Wildman–Crippen MR) is 53.2 cm³/mol. The van der Waals surface area contributed by atoms with E-state index in [1.807, 2.05) is 0 Å². The molecule has 0 fully saturated rings. The molecular weight excluding hydrogens is 278 g/mol. The Morgan fingerprint density at radius 1 is 1.28 bits per heavy atom. The van der Waals surface area contributed by atoms with Crippen molar-refractivity contribution in [1.82, 2.24) is 0 Å². The second-order valence-corrected chi connectivity index (χ2v) is 4.32. The summed E-state index contributed by atoms with van der Waals surface area (Å²) < 4.78 is 61.9. The lowest BCUT2D eigenvalue weighted by molar-refractivity contribution is -0.161. The van der Waals surface area contributed by atoms with Crippen LogP contribution >= 0.6 is 0 Å². The van der Waals surface area contributed by atoms with Gasteiger partial charge in [-0.1, -0.05) is 6.58 Å². The van der Waals surface area contributed by atoms with Gasteiger partial charge in [-0.25, -0.2) is 9.59 Å². The van der Waals surface area contributed by atoms with Crippen LogP contribution in [-0.2, 0) is 29.2 Å². The van der Waals surface area contributed by atoms with E-state index in [2.05, 4.69) is 16.1 Å². The van der Waals surface area contributed by atoms with E-state index >= 15 is 0 Å². The fourth-order valence-corrected chi connectivity index (χ4v) is 0.914. The molecule has 0 bridgehead atoms. The van der Waals surface area contributed by atoms with Crippen molar-refractivity contribution in [2.75, 3.05) is 13.2 Å². The van der Waals surface area contributed by atoms with Crippen LogP contribution in [0.15, 0.2) is 12.7 Å². The van der Waals surface area contributed by atoms with E-state index in [4.69, 9.17) is 4.55 Å². The topological polar surface area (TPSA) is 107 Å². The highest BCUT2D eigenvalue weighted by atomic mass is 32.2. The van der Waals surface area contributed by atoms with E-state index in [1.54, 1.807) is 0 Å². The summed E-state index contributed by atoms with van der Waals surface area (Å²) in [4.78, 5) is 21.1. The lowest BCUT2D eigenvalue weighted by atomic mass is 10.5. The van der Waals surface area contributed by atoms with Crippen molar-refractivity contribution < 1.29 is 40.8 Å². The quantitative estimate of drug-likeness (QED) is 0.307. The molecule has 0 aromatic heterocycles. The third-order valence-corrected chi connectivity index (χ3v) is 2.31. The molecule has 0 spiro atoms. The van der Waals surface area contributed by atoms with Crippen molar-refractivity contribution >= 4 is 22.1 Å². The Morgan fingerprint density at radius 3 is 2.22 bits per heavy atom. The summed E-state index contributed by atoms with van der Waals surface area (Å²) in [5.74, 6) is -3.15. The van der Waals surface area contributed by atoms with Crippen LogP contribution in [-0.4, -0.2) is 43.4 Å². The van der Waals surface area contributed by atoms with Crippen LogP contribution in [0, 0.1) is 0 Å². The largest absolute Gasteiger partial charge is 0.465 e. The Balaban J connectivity index is 4.06. The molecule has 0 unspecified atom stereocenters. The number of hydrogen-bond acceptors (Lipinski definition) is 6. The van der Waals surface area contributed by atoms with Gasteiger partial charge in [-0.2, -0.15) is 17.2 Å². The summed E-state index contributed by atoms with van der Waals surface area (Å²) >= 11 is 0. The lowest BCUT2D eigenvalue weighted by Crippen LogP contribution is -2.39. The zero-order chi connectivity index (χ0) is 14.4. The third-order valence-electron chi connectivity index (χ3n) is 1.49. The van der Waals surface area contributed by atoms with Gasteiger partial charge in [0.1, 0.15) is 0 Å².